The van der Waals surface area contributed by atoms with Crippen molar-refractivity contribution in [3.63, 3.8) is 0 Å². The lowest BCUT2D eigenvalue weighted by atomic mass is 9.49. The van der Waals surface area contributed by atoms with E-state index in [1.165, 1.54) is 38.5 Å². The molecule has 1 amide bonds. The van der Waals surface area contributed by atoms with E-state index in [9.17, 15) is 9.59 Å². The molecular formula is C25H34N2O4. The van der Waals surface area contributed by atoms with Gasteiger partial charge in [-0.2, -0.15) is 0 Å². The van der Waals surface area contributed by atoms with Crippen LogP contribution in [0.25, 0.3) is 0 Å². The van der Waals surface area contributed by atoms with Crippen molar-refractivity contribution < 1.29 is 19.1 Å². The van der Waals surface area contributed by atoms with Crippen molar-refractivity contribution in [1.29, 1.82) is 0 Å². The number of hydrogen-bond acceptors (Lipinski definition) is 5. The lowest BCUT2D eigenvalue weighted by molar-refractivity contribution is -0.158. The molecule has 31 heavy (non-hydrogen) atoms. The standard InChI is InChI=1S/C25H34N2O4/c1-30-22-5-3-2-4-21(22)26-6-8-27(9-7-26)23(28)17-31-24(29)16-25-13-18-10-19(14-25)12-20(11-18)15-25/h2-5,18-20H,6-17H2,1H3. The number of piperazine rings is 1. The number of methoxy groups -OCH3 is 1. The summed E-state index contributed by atoms with van der Waals surface area (Å²) in [6, 6.07) is 7.96. The summed E-state index contributed by atoms with van der Waals surface area (Å²) >= 11 is 0. The Morgan fingerprint density at radius 2 is 1.58 bits per heavy atom. The van der Waals surface area contributed by atoms with Crippen molar-refractivity contribution in [2.45, 2.75) is 44.9 Å². The molecule has 0 N–H and O–H groups in total. The van der Waals surface area contributed by atoms with E-state index in [1.54, 1.807) is 7.11 Å². The highest BCUT2D eigenvalue weighted by molar-refractivity contribution is 5.81. The summed E-state index contributed by atoms with van der Waals surface area (Å²) in [6.07, 6.45) is 8.17. The fraction of sp³-hybridized carbons (Fsp3) is 0.680. The van der Waals surface area contributed by atoms with Crippen LogP contribution in [0.4, 0.5) is 5.69 Å². The second-order valence-corrected chi connectivity index (χ2v) is 10.3. The van der Waals surface area contributed by atoms with E-state index in [4.69, 9.17) is 9.47 Å². The highest BCUT2D eigenvalue weighted by atomic mass is 16.5. The lowest BCUT2D eigenvalue weighted by Crippen LogP contribution is -2.50. The Morgan fingerprint density at radius 3 is 2.19 bits per heavy atom. The second-order valence-electron chi connectivity index (χ2n) is 10.3. The SMILES string of the molecule is COc1ccccc1N1CCN(C(=O)COC(=O)CC23CC4CC(CC(C4)C2)C3)CC1. The van der Waals surface area contributed by atoms with Crippen LogP contribution in [0.2, 0.25) is 0 Å². The number of benzene rings is 1. The van der Waals surface area contributed by atoms with E-state index in [-0.39, 0.29) is 23.9 Å². The Morgan fingerprint density at radius 1 is 0.968 bits per heavy atom. The van der Waals surface area contributed by atoms with Gasteiger partial charge in [-0.1, -0.05) is 12.1 Å². The number of para-hydroxylation sites is 2. The summed E-state index contributed by atoms with van der Waals surface area (Å²) in [4.78, 5) is 29.3. The molecule has 1 aromatic rings. The van der Waals surface area contributed by atoms with E-state index < -0.39 is 0 Å². The van der Waals surface area contributed by atoms with Gasteiger partial charge in [0.05, 0.1) is 19.2 Å². The number of ether oxygens (including phenoxy) is 2. The highest BCUT2D eigenvalue weighted by Gasteiger charge is 2.51. The van der Waals surface area contributed by atoms with Crippen LogP contribution in [-0.4, -0.2) is 56.7 Å². The first-order valence-electron chi connectivity index (χ1n) is 11.8. The third kappa shape index (κ3) is 4.26. The molecule has 0 radical (unpaired) electrons. The van der Waals surface area contributed by atoms with Gasteiger partial charge in [0.1, 0.15) is 5.75 Å². The van der Waals surface area contributed by atoms with E-state index in [2.05, 4.69) is 4.90 Å². The average molecular weight is 427 g/mol. The molecule has 0 unspecified atom stereocenters. The molecule has 6 rings (SSSR count). The molecule has 4 aliphatic carbocycles. The molecule has 1 aromatic carbocycles. The average Bonchev–Trinajstić information content (AvgIpc) is 2.76. The monoisotopic (exact) mass is 426 g/mol. The number of anilines is 1. The molecule has 4 bridgehead atoms. The van der Waals surface area contributed by atoms with Crippen LogP contribution in [0.3, 0.4) is 0 Å². The van der Waals surface area contributed by atoms with Crippen LogP contribution < -0.4 is 9.64 Å². The number of carbonyl (C=O) groups is 2. The van der Waals surface area contributed by atoms with Gasteiger partial charge in [0.25, 0.3) is 5.91 Å². The zero-order chi connectivity index (χ0) is 21.4. The van der Waals surface area contributed by atoms with Crippen LogP contribution in [0.15, 0.2) is 24.3 Å². The van der Waals surface area contributed by atoms with Gasteiger partial charge < -0.3 is 19.3 Å². The van der Waals surface area contributed by atoms with Crippen molar-refractivity contribution in [2.75, 3.05) is 44.8 Å². The smallest absolute Gasteiger partial charge is 0.306 e. The third-order valence-electron chi connectivity index (χ3n) is 8.10. The zero-order valence-electron chi connectivity index (χ0n) is 18.6. The van der Waals surface area contributed by atoms with Crippen molar-refractivity contribution >= 4 is 17.6 Å². The summed E-state index contributed by atoms with van der Waals surface area (Å²) < 4.78 is 10.9. The minimum absolute atomic E-state index is 0.0847. The van der Waals surface area contributed by atoms with Gasteiger partial charge >= 0.3 is 5.97 Å². The van der Waals surface area contributed by atoms with Crippen LogP contribution in [-0.2, 0) is 14.3 Å². The lowest BCUT2D eigenvalue weighted by Gasteiger charge is -2.56. The Kier molecular flexibility index (Phi) is 5.57. The molecule has 168 valence electrons. The maximum Gasteiger partial charge on any atom is 0.306 e. The molecule has 1 aliphatic heterocycles. The molecule has 1 heterocycles. The number of rotatable bonds is 6. The van der Waals surface area contributed by atoms with E-state index >= 15 is 0 Å². The van der Waals surface area contributed by atoms with E-state index in [0.29, 0.717) is 19.5 Å². The Bertz CT molecular complexity index is 795. The summed E-state index contributed by atoms with van der Waals surface area (Å²) in [7, 11) is 1.68. The van der Waals surface area contributed by atoms with Gasteiger partial charge in [0.15, 0.2) is 6.61 Å². The number of hydrogen-bond donors (Lipinski definition) is 0. The summed E-state index contributed by atoms with van der Waals surface area (Å²) in [6.45, 7) is 2.62. The molecule has 4 saturated carbocycles. The van der Waals surface area contributed by atoms with E-state index in [0.717, 1.165) is 42.3 Å². The molecule has 5 aliphatic rings. The molecule has 1 saturated heterocycles. The Hall–Kier alpha value is -2.24. The molecule has 6 heteroatoms. The van der Waals surface area contributed by atoms with Crippen LogP contribution in [0.1, 0.15) is 44.9 Å². The first-order valence-corrected chi connectivity index (χ1v) is 11.8. The molecular weight excluding hydrogens is 392 g/mol. The fourth-order valence-corrected chi connectivity index (χ4v) is 7.19. The molecule has 0 aromatic heterocycles. The molecule has 5 fully saturated rings. The van der Waals surface area contributed by atoms with Gasteiger partial charge in [-0.25, -0.2) is 0 Å². The molecule has 0 atom stereocenters. The van der Waals surface area contributed by atoms with Crippen LogP contribution in [0, 0.1) is 23.2 Å². The number of esters is 1. The zero-order valence-corrected chi connectivity index (χ0v) is 18.6. The predicted molar refractivity (Wildman–Crippen MR) is 118 cm³/mol. The first-order chi connectivity index (χ1) is 15.0. The van der Waals surface area contributed by atoms with Gasteiger partial charge in [0, 0.05) is 26.2 Å². The van der Waals surface area contributed by atoms with E-state index in [1.807, 2.05) is 29.2 Å². The minimum Gasteiger partial charge on any atom is -0.495 e. The fourth-order valence-electron chi connectivity index (χ4n) is 7.19. The number of carbonyl (C=O) groups excluding carboxylic acids is 2. The van der Waals surface area contributed by atoms with Crippen LogP contribution >= 0.6 is 0 Å². The van der Waals surface area contributed by atoms with Gasteiger partial charge in [-0.15, -0.1) is 0 Å². The summed E-state index contributed by atoms with van der Waals surface area (Å²) in [5.74, 6) is 3.04. The molecule has 0 spiro atoms. The maximum absolute atomic E-state index is 12.6. The highest BCUT2D eigenvalue weighted by Crippen LogP contribution is 2.61. The number of amides is 1. The normalized spacial score (nSPS) is 31.6. The van der Waals surface area contributed by atoms with Crippen molar-refractivity contribution in [3.8, 4) is 5.75 Å². The van der Waals surface area contributed by atoms with Crippen molar-refractivity contribution in [1.82, 2.24) is 4.90 Å². The second kappa shape index (κ2) is 8.36. The summed E-state index contributed by atoms with van der Waals surface area (Å²) in [5, 5.41) is 0. The van der Waals surface area contributed by atoms with Crippen LogP contribution in [0.5, 0.6) is 5.75 Å². The van der Waals surface area contributed by atoms with Gasteiger partial charge in [0.2, 0.25) is 0 Å². The van der Waals surface area contributed by atoms with Crippen molar-refractivity contribution in [3.05, 3.63) is 24.3 Å². The Labute approximate surface area is 184 Å². The third-order valence-corrected chi connectivity index (χ3v) is 8.10. The van der Waals surface area contributed by atoms with Crippen molar-refractivity contribution in [2.24, 2.45) is 23.2 Å². The summed E-state index contributed by atoms with van der Waals surface area (Å²) in [5.41, 5.74) is 1.22. The minimum atomic E-state index is -0.178. The van der Waals surface area contributed by atoms with Gasteiger partial charge in [-0.3, -0.25) is 9.59 Å². The number of nitrogens with zero attached hydrogens (tertiary/aromatic N) is 2. The first kappa shape index (κ1) is 20.7. The molecule has 6 nitrogen and oxygen atoms in total. The maximum atomic E-state index is 12.6. The van der Waals surface area contributed by atoms with Gasteiger partial charge in [-0.05, 0) is 73.8 Å². The topological polar surface area (TPSA) is 59.1 Å². The quantitative estimate of drug-likeness (QED) is 0.652. The largest absolute Gasteiger partial charge is 0.495 e. The predicted octanol–water partition coefficient (Wildman–Crippen LogP) is 3.49. The Balaban J connectivity index is 1.09.